The molecule has 5 nitrogen and oxygen atoms in total. The van der Waals surface area contributed by atoms with Crippen molar-refractivity contribution in [2.75, 3.05) is 5.75 Å². The first-order chi connectivity index (χ1) is 13.1. The van der Waals surface area contributed by atoms with Crippen molar-refractivity contribution in [3.05, 3.63) is 65.7 Å². The molecule has 3 aromatic rings. The van der Waals surface area contributed by atoms with Gasteiger partial charge in [0.1, 0.15) is 0 Å². The fraction of sp³-hybridized carbons (Fsp3) is 0.286. The van der Waals surface area contributed by atoms with Gasteiger partial charge in [0, 0.05) is 11.6 Å². The summed E-state index contributed by atoms with van der Waals surface area (Å²) in [5.41, 5.74) is 3.47. The van der Waals surface area contributed by atoms with Crippen LogP contribution in [0.2, 0.25) is 0 Å². The van der Waals surface area contributed by atoms with Gasteiger partial charge >= 0.3 is 0 Å². The lowest BCUT2D eigenvalue weighted by atomic mass is 10.1. The van der Waals surface area contributed by atoms with E-state index >= 15 is 0 Å². The number of aromatic amines is 1. The molecule has 2 aromatic carbocycles. The third-order valence-corrected chi connectivity index (χ3v) is 5.09. The number of carbonyl (C=O) groups excluding carboxylic acids is 1. The van der Waals surface area contributed by atoms with Crippen LogP contribution in [0.3, 0.4) is 0 Å². The first kappa shape index (κ1) is 19.2. The molecule has 0 spiro atoms. The Balaban J connectivity index is 1.43. The molecule has 0 bridgehead atoms. The van der Waals surface area contributed by atoms with Gasteiger partial charge in [-0.15, -0.1) is 5.10 Å². The van der Waals surface area contributed by atoms with Gasteiger partial charge in [-0.05, 0) is 32.3 Å². The van der Waals surface area contributed by atoms with Gasteiger partial charge in [0.2, 0.25) is 11.1 Å². The van der Waals surface area contributed by atoms with Crippen molar-refractivity contribution in [2.24, 2.45) is 0 Å². The van der Waals surface area contributed by atoms with Gasteiger partial charge < -0.3 is 5.32 Å². The van der Waals surface area contributed by atoms with Crippen LogP contribution in [0.4, 0.5) is 0 Å². The third-order valence-electron chi connectivity index (χ3n) is 4.24. The Hall–Kier alpha value is -2.60. The molecule has 1 amide bonds. The molecule has 0 fully saturated rings. The number of rotatable bonds is 8. The Bertz CT molecular complexity index is 861. The molecule has 0 aliphatic rings. The summed E-state index contributed by atoms with van der Waals surface area (Å²) in [4.78, 5) is 16.6. The highest BCUT2D eigenvalue weighted by atomic mass is 32.2. The Kier molecular flexibility index (Phi) is 6.65. The van der Waals surface area contributed by atoms with Gasteiger partial charge in [0.25, 0.3) is 0 Å². The molecule has 0 unspecified atom stereocenters. The number of benzene rings is 2. The van der Waals surface area contributed by atoms with Crippen LogP contribution in [0.1, 0.15) is 24.5 Å². The highest BCUT2D eigenvalue weighted by Gasteiger charge is 2.11. The Morgan fingerprint density at radius 2 is 1.89 bits per heavy atom. The number of thioether (sulfide) groups is 1. The summed E-state index contributed by atoms with van der Waals surface area (Å²) < 4.78 is 0. The first-order valence-corrected chi connectivity index (χ1v) is 10.0. The molecular weight excluding hydrogens is 356 g/mol. The number of hydrogen-bond acceptors (Lipinski definition) is 4. The van der Waals surface area contributed by atoms with Gasteiger partial charge in [-0.25, -0.2) is 4.98 Å². The van der Waals surface area contributed by atoms with Crippen molar-refractivity contribution in [3.8, 4) is 11.4 Å². The van der Waals surface area contributed by atoms with Crippen LogP contribution in [0.5, 0.6) is 0 Å². The average Bonchev–Trinajstić information content (AvgIpc) is 3.15. The lowest BCUT2D eigenvalue weighted by Crippen LogP contribution is -2.34. The van der Waals surface area contributed by atoms with Gasteiger partial charge in [-0.2, -0.15) is 0 Å². The Morgan fingerprint density at radius 3 is 2.63 bits per heavy atom. The van der Waals surface area contributed by atoms with E-state index in [0.29, 0.717) is 16.7 Å². The minimum Gasteiger partial charge on any atom is -0.353 e. The highest BCUT2D eigenvalue weighted by Crippen LogP contribution is 2.19. The van der Waals surface area contributed by atoms with E-state index < -0.39 is 0 Å². The maximum absolute atomic E-state index is 12.2. The Labute approximate surface area is 164 Å². The summed E-state index contributed by atoms with van der Waals surface area (Å²) in [5, 5.41) is 10.7. The lowest BCUT2D eigenvalue weighted by molar-refractivity contribution is -0.119. The molecule has 6 heteroatoms. The number of H-pyrrole nitrogens is 1. The van der Waals surface area contributed by atoms with E-state index in [1.807, 2.05) is 56.3 Å². The zero-order valence-corrected chi connectivity index (χ0v) is 16.4. The Morgan fingerprint density at radius 1 is 1.15 bits per heavy atom. The summed E-state index contributed by atoms with van der Waals surface area (Å²) in [5.74, 6) is 1.03. The molecule has 3 rings (SSSR count). The number of aromatic nitrogens is 3. The van der Waals surface area contributed by atoms with Crippen LogP contribution < -0.4 is 5.32 Å². The van der Waals surface area contributed by atoms with Crippen LogP contribution in [-0.2, 0) is 11.2 Å². The number of hydrogen-bond donors (Lipinski definition) is 2. The van der Waals surface area contributed by atoms with E-state index in [1.54, 1.807) is 0 Å². The molecule has 0 saturated heterocycles. The lowest BCUT2D eigenvalue weighted by Gasteiger charge is -2.13. The van der Waals surface area contributed by atoms with Crippen LogP contribution in [0.15, 0.2) is 59.8 Å². The maximum Gasteiger partial charge on any atom is 0.230 e. The second-order valence-electron chi connectivity index (χ2n) is 6.61. The normalized spacial score (nSPS) is 11.9. The van der Waals surface area contributed by atoms with Crippen LogP contribution in [0, 0.1) is 6.92 Å². The molecule has 0 aliphatic carbocycles. The number of carbonyl (C=O) groups is 1. The zero-order chi connectivity index (χ0) is 19.1. The quantitative estimate of drug-likeness (QED) is 0.579. The summed E-state index contributed by atoms with van der Waals surface area (Å²) in [7, 11) is 0. The van der Waals surface area contributed by atoms with E-state index in [-0.39, 0.29) is 11.9 Å². The fourth-order valence-electron chi connectivity index (χ4n) is 2.70. The number of amides is 1. The number of nitrogens with zero attached hydrogens (tertiary/aromatic N) is 2. The van der Waals surface area contributed by atoms with Crippen molar-refractivity contribution in [1.82, 2.24) is 20.5 Å². The van der Waals surface area contributed by atoms with Crippen LogP contribution in [0.25, 0.3) is 11.4 Å². The number of nitrogens with one attached hydrogen (secondary N) is 2. The first-order valence-electron chi connectivity index (χ1n) is 9.05. The molecule has 1 heterocycles. The summed E-state index contributed by atoms with van der Waals surface area (Å²) in [6.07, 6.45) is 1.87. The third kappa shape index (κ3) is 5.96. The van der Waals surface area contributed by atoms with E-state index in [9.17, 15) is 4.79 Å². The maximum atomic E-state index is 12.2. The van der Waals surface area contributed by atoms with Crippen LogP contribution >= 0.6 is 11.8 Å². The molecule has 140 valence electrons. The standard InChI is InChI=1S/C21H24N4OS/c1-15-8-12-18(13-9-15)20-23-21(25-24-20)27-14-19(26)22-16(2)10-11-17-6-4-3-5-7-17/h3-9,12-13,16H,10-11,14H2,1-2H3,(H,22,26)(H,23,24,25)/t16-/m0/s1. The van der Waals surface area contributed by atoms with E-state index in [0.717, 1.165) is 18.4 Å². The zero-order valence-electron chi connectivity index (χ0n) is 15.6. The second-order valence-corrected chi connectivity index (χ2v) is 7.56. The van der Waals surface area contributed by atoms with Crippen molar-refractivity contribution in [1.29, 1.82) is 0 Å². The summed E-state index contributed by atoms with van der Waals surface area (Å²) in [6.45, 7) is 4.08. The number of aryl methyl sites for hydroxylation is 2. The molecule has 2 N–H and O–H groups in total. The SMILES string of the molecule is Cc1ccc(-c2nc(SCC(=O)N[C@@H](C)CCc3ccccc3)n[nH]2)cc1. The molecule has 0 saturated carbocycles. The van der Waals surface area contributed by atoms with E-state index in [4.69, 9.17) is 0 Å². The summed E-state index contributed by atoms with van der Waals surface area (Å²) in [6, 6.07) is 18.5. The average molecular weight is 381 g/mol. The molecule has 0 radical (unpaired) electrons. The van der Waals surface area contributed by atoms with Crippen molar-refractivity contribution < 1.29 is 4.79 Å². The van der Waals surface area contributed by atoms with Crippen molar-refractivity contribution >= 4 is 17.7 Å². The van der Waals surface area contributed by atoms with Crippen molar-refractivity contribution in [3.63, 3.8) is 0 Å². The van der Waals surface area contributed by atoms with E-state index in [1.165, 1.54) is 22.9 Å². The predicted molar refractivity (Wildman–Crippen MR) is 110 cm³/mol. The minimum atomic E-state index is 0.00208. The van der Waals surface area contributed by atoms with Gasteiger partial charge in [0.05, 0.1) is 5.75 Å². The molecular formula is C21H24N4OS. The highest BCUT2D eigenvalue weighted by molar-refractivity contribution is 7.99. The molecule has 1 atom stereocenters. The largest absolute Gasteiger partial charge is 0.353 e. The molecule has 1 aromatic heterocycles. The van der Waals surface area contributed by atoms with Gasteiger partial charge in [0.15, 0.2) is 5.82 Å². The van der Waals surface area contributed by atoms with Crippen LogP contribution in [-0.4, -0.2) is 32.9 Å². The smallest absolute Gasteiger partial charge is 0.230 e. The van der Waals surface area contributed by atoms with E-state index in [2.05, 4.69) is 32.6 Å². The minimum absolute atomic E-state index is 0.00208. The van der Waals surface area contributed by atoms with Crippen molar-refractivity contribution in [2.45, 2.75) is 37.9 Å². The molecule has 0 aliphatic heterocycles. The summed E-state index contributed by atoms with van der Waals surface area (Å²) >= 11 is 1.34. The predicted octanol–water partition coefficient (Wildman–Crippen LogP) is 4.01. The topological polar surface area (TPSA) is 70.7 Å². The monoisotopic (exact) mass is 380 g/mol. The van der Waals surface area contributed by atoms with Gasteiger partial charge in [-0.3, -0.25) is 9.89 Å². The molecule has 27 heavy (non-hydrogen) atoms. The second kappa shape index (κ2) is 9.37. The fourth-order valence-corrected chi connectivity index (χ4v) is 3.31. The van der Waals surface area contributed by atoms with Gasteiger partial charge in [-0.1, -0.05) is 71.9 Å².